The van der Waals surface area contributed by atoms with Crippen LogP contribution in [0.25, 0.3) is 6.08 Å². The van der Waals surface area contributed by atoms with E-state index in [9.17, 15) is 0 Å². The third-order valence-corrected chi connectivity index (χ3v) is 3.61. The Labute approximate surface area is 119 Å². The van der Waals surface area contributed by atoms with Gasteiger partial charge in [0.25, 0.3) is 0 Å². The minimum Gasteiger partial charge on any atom is -0.370 e. The Morgan fingerprint density at radius 2 is 1.95 bits per heavy atom. The molecule has 4 heteroatoms. The largest absolute Gasteiger partial charge is 0.370 e. The van der Waals surface area contributed by atoms with Crippen LogP contribution < -0.4 is 4.90 Å². The van der Waals surface area contributed by atoms with E-state index in [1.165, 1.54) is 49.2 Å². The highest BCUT2D eigenvalue weighted by molar-refractivity contribution is 6.54. The summed E-state index contributed by atoms with van der Waals surface area (Å²) in [6.45, 7) is 2.40. The number of aromatic nitrogens is 1. The van der Waals surface area contributed by atoms with Gasteiger partial charge in [-0.2, -0.15) is 0 Å². The molecule has 19 heavy (non-hydrogen) atoms. The summed E-state index contributed by atoms with van der Waals surface area (Å²) >= 11 is 4.32. The molecule has 1 saturated heterocycles. The van der Waals surface area contributed by atoms with Crippen LogP contribution in [0.5, 0.6) is 0 Å². The number of nitrogens with zero attached hydrogens (tertiary/aromatic N) is 2. The second kappa shape index (κ2) is 7.29. The molecule has 0 amide bonds. The van der Waals surface area contributed by atoms with E-state index in [0.29, 0.717) is 0 Å². The van der Waals surface area contributed by atoms with E-state index in [1.807, 2.05) is 12.4 Å². The van der Waals surface area contributed by atoms with Crippen LogP contribution in [0, 0.1) is 0 Å². The molecule has 1 aliphatic heterocycles. The number of pyridine rings is 1. The Hall–Kier alpha value is -1.35. The standard InChI is InChI=1S/C14H18N2.CHClO/c1-4-8-16(9-5-1)14-11-15-10-12-6-2-3-7-13(12)14;2-1-3/h3,7,10-11H,1-2,4-6,8-9H2;1H. The first kappa shape index (κ1) is 14.1. The van der Waals surface area contributed by atoms with E-state index < -0.39 is 0 Å². The maximum atomic E-state index is 8.57. The zero-order chi connectivity index (χ0) is 13.5. The van der Waals surface area contributed by atoms with Gasteiger partial charge in [0.05, 0.1) is 11.9 Å². The zero-order valence-corrected chi connectivity index (χ0v) is 11.8. The molecule has 0 aromatic carbocycles. The van der Waals surface area contributed by atoms with Gasteiger partial charge in [-0.3, -0.25) is 9.78 Å². The van der Waals surface area contributed by atoms with Crippen molar-refractivity contribution in [1.29, 1.82) is 0 Å². The van der Waals surface area contributed by atoms with Gasteiger partial charge in [0.2, 0.25) is 5.75 Å². The lowest BCUT2D eigenvalue weighted by Crippen LogP contribution is -2.30. The van der Waals surface area contributed by atoms with Crippen molar-refractivity contribution in [3.05, 3.63) is 29.6 Å². The molecule has 0 saturated carbocycles. The molecule has 0 unspecified atom stereocenters. The number of allylic oxidation sites excluding steroid dienone is 1. The van der Waals surface area contributed by atoms with Crippen LogP contribution in [0.2, 0.25) is 0 Å². The molecule has 1 fully saturated rings. The number of hydrogen-bond donors (Lipinski definition) is 0. The summed E-state index contributed by atoms with van der Waals surface area (Å²) in [7, 11) is 0. The maximum Gasteiger partial charge on any atom is 0.208 e. The van der Waals surface area contributed by atoms with Gasteiger partial charge in [0, 0.05) is 24.8 Å². The van der Waals surface area contributed by atoms with Crippen molar-refractivity contribution < 1.29 is 4.79 Å². The fourth-order valence-corrected chi connectivity index (χ4v) is 2.72. The van der Waals surface area contributed by atoms with Crippen molar-refractivity contribution in [3.63, 3.8) is 0 Å². The van der Waals surface area contributed by atoms with Gasteiger partial charge in [-0.25, -0.2) is 0 Å². The number of aryl methyl sites for hydroxylation is 1. The molecule has 0 N–H and O–H groups in total. The van der Waals surface area contributed by atoms with Crippen LogP contribution in [0.4, 0.5) is 5.69 Å². The molecular formula is C15H19ClN2O. The molecule has 2 aliphatic rings. The van der Waals surface area contributed by atoms with Gasteiger partial charge >= 0.3 is 0 Å². The number of carbonyl (C=O) groups excluding carboxylic acids is 1. The summed E-state index contributed by atoms with van der Waals surface area (Å²) in [6, 6.07) is 0. The zero-order valence-electron chi connectivity index (χ0n) is 11.0. The topological polar surface area (TPSA) is 33.2 Å². The second-order valence-corrected chi connectivity index (χ2v) is 4.99. The SMILES string of the molecule is C1=Cc2c(cncc2N2CCCCC2)CC1.O=CCl. The quantitative estimate of drug-likeness (QED) is 0.583. The molecule has 102 valence electrons. The fraction of sp³-hybridized carbons (Fsp3) is 0.467. The third-order valence-electron chi connectivity index (χ3n) is 3.61. The number of carbonyl (C=O) groups is 1. The van der Waals surface area contributed by atoms with Gasteiger partial charge in [0.1, 0.15) is 0 Å². The average Bonchev–Trinajstić information content (AvgIpc) is 2.48. The summed E-state index contributed by atoms with van der Waals surface area (Å²) in [5.74, 6) is 0.222. The second-order valence-electron chi connectivity index (χ2n) is 4.81. The molecule has 0 spiro atoms. The van der Waals surface area contributed by atoms with Gasteiger partial charge in [0.15, 0.2) is 0 Å². The number of fused-ring (bicyclic) bond motifs is 1. The van der Waals surface area contributed by atoms with Crippen molar-refractivity contribution in [1.82, 2.24) is 4.98 Å². The van der Waals surface area contributed by atoms with Crippen molar-refractivity contribution in [3.8, 4) is 0 Å². The van der Waals surface area contributed by atoms with Crippen molar-refractivity contribution >= 4 is 29.1 Å². The van der Waals surface area contributed by atoms with Crippen LogP contribution in [0.3, 0.4) is 0 Å². The summed E-state index contributed by atoms with van der Waals surface area (Å²) in [6.07, 6.45) is 15.0. The Morgan fingerprint density at radius 1 is 1.21 bits per heavy atom. The third kappa shape index (κ3) is 3.57. The van der Waals surface area contributed by atoms with E-state index >= 15 is 0 Å². The normalized spacial score (nSPS) is 17.2. The lowest BCUT2D eigenvalue weighted by molar-refractivity contribution is 0.569. The summed E-state index contributed by atoms with van der Waals surface area (Å²) in [4.78, 5) is 15.5. The van der Waals surface area contributed by atoms with E-state index in [0.717, 1.165) is 12.8 Å². The molecule has 0 bridgehead atoms. The Kier molecular flexibility index (Phi) is 5.40. The molecule has 0 radical (unpaired) electrons. The lowest BCUT2D eigenvalue weighted by atomic mass is 9.97. The smallest absolute Gasteiger partial charge is 0.208 e. The molecular weight excluding hydrogens is 260 g/mol. The summed E-state index contributed by atoms with van der Waals surface area (Å²) < 4.78 is 0. The highest BCUT2D eigenvalue weighted by Crippen LogP contribution is 2.29. The van der Waals surface area contributed by atoms with Crippen molar-refractivity contribution in [2.75, 3.05) is 18.0 Å². The van der Waals surface area contributed by atoms with E-state index in [-0.39, 0.29) is 5.75 Å². The molecule has 1 aliphatic carbocycles. The van der Waals surface area contributed by atoms with E-state index in [4.69, 9.17) is 4.79 Å². The van der Waals surface area contributed by atoms with Gasteiger partial charge in [-0.1, -0.05) is 12.2 Å². The first-order valence-electron chi connectivity index (χ1n) is 6.79. The lowest BCUT2D eigenvalue weighted by Gasteiger charge is -2.31. The van der Waals surface area contributed by atoms with Crippen LogP contribution in [-0.4, -0.2) is 23.8 Å². The highest BCUT2D eigenvalue weighted by Gasteiger charge is 2.16. The Bertz CT molecular complexity index is 453. The van der Waals surface area contributed by atoms with Crippen molar-refractivity contribution in [2.45, 2.75) is 32.1 Å². The first-order valence-corrected chi connectivity index (χ1v) is 7.22. The molecule has 3 nitrogen and oxygen atoms in total. The Balaban J connectivity index is 0.000000408. The molecule has 1 aromatic heterocycles. The van der Waals surface area contributed by atoms with Crippen LogP contribution in [0.15, 0.2) is 18.5 Å². The minimum atomic E-state index is 0.222. The van der Waals surface area contributed by atoms with E-state index in [2.05, 4.69) is 33.6 Å². The molecule has 3 rings (SSSR count). The van der Waals surface area contributed by atoms with Gasteiger partial charge in [-0.05, 0) is 49.3 Å². The summed E-state index contributed by atoms with van der Waals surface area (Å²) in [5, 5.41) is 0. The molecule has 2 heterocycles. The molecule has 0 atom stereocenters. The predicted molar refractivity (Wildman–Crippen MR) is 80.3 cm³/mol. The van der Waals surface area contributed by atoms with Crippen LogP contribution in [0.1, 0.15) is 36.8 Å². The summed E-state index contributed by atoms with van der Waals surface area (Å²) in [5.41, 5.74) is 4.20. The predicted octanol–water partition coefficient (Wildman–Crippen LogP) is 3.45. The number of anilines is 1. The van der Waals surface area contributed by atoms with E-state index in [1.54, 1.807) is 0 Å². The number of hydrogen-bond acceptors (Lipinski definition) is 3. The van der Waals surface area contributed by atoms with Gasteiger partial charge < -0.3 is 4.90 Å². The number of rotatable bonds is 1. The highest BCUT2D eigenvalue weighted by atomic mass is 35.5. The first-order chi connectivity index (χ1) is 9.36. The van der Waals surface area contributed by atoms with Gasteiger partial charge in [-0.15, -0.1) is 0 Å². The monoisotopic (exact) mass is 278 g/mol. The fourth-order valence-electron chi connectivity index (χ4n) is 2.72. The van der Waals surface area contributed by atoms with Crippen LogP contribution in [-0.2, 0) is 11.2 Å². The van der Waals surface area contributed by atoms with Crippen molar-refractivity contribution in [2.24, 2.45) is 0 Å². The average molecular weight is 279 g/mol. The maximum absolute atomic E-state index is 8.57. The number of piperidine rings is 1. The number of halogens is 1. The minimum absolute atomic E-state index is 0.222. The Morgan fingerprint density at radius 3 is 2.68 bits per heavy atom. The van der Waals surface area contributed by atoms with Crippen LogP contribution >= 0.6 is 11.6 Å². The molecule has 1 aromatic rings.